The third kappa shape index (κ3) is 6.30. The van der Waals surface area contributed by atoms with Gasteiger partial charge in [-0.25, -0.2) is 0 Å². The number of likely N-dealkylation sites (N-methyl/N-ethyl adjacent to an activating group) is 2. The predicted molar refractivity (Wildman–Crippen MR) is 85.3 cm³/mol. The monoisotopic (exact) mass is 300 g/mol. The van der Waals surface area contributed by atoms with E-state index in [9.17, 15) is 4.79 Å². The first-order valence-electron chi connectivity index (χ1n) is 7.84. The fourth-order valence-electron chi connectivity index (χ4n) is 2.69. The van der Waals surface area contributed by atoms with Gasteiger partial charge in [-0.1, -0.05) is 0 Å². The number of ether oxygens (including phenoxy) is 1. The molecule has 0 radical (unpaired) electrons. The van der Waals surface area contributed by atoms with Crippen LogP contribution in [0.25, 0.3) is 0 Å². The maximum Gasteiger partial charge on any atom is 0.239 e. The van der Waals surface area contributed by atoms with E-state index in [1.54, 1.807) is 12.0 Å². The highest BCUT2D eigenvalue weighted by Gasteiger charge is 2.22. The molecule has 1 saturated heterocycles. The SMILES string of the molecule is COCCC(N)C(=O)N(C)CCN(C)C1CCN(C)CC1. The minimum absolute atomic E-state index is 0.00354. The average Bonchev–Trinajstić information content (AvgIpc) is 2.49. The van der Waals surface area contributed by atoms with E-state index in [-0.39, 0.29) is 5.91 Å². The second-order valence-corrected chi connectivity index (χ2v) is 6.16. The Bertz CT molecular complexity index is 306. The predicted octanol–water partition coefficient (Wildman–Crippen LogP) is -0.165. The van der Waals surface area contributed by atoms with Gasteiger partial charge in [-0.05, 0) is 46.4 Å². The normalized spacial score (nSPS) is 19.0. The van der Waals surface area contributed by atoms with Gasteiger partial charge in [-0.15, -0.1) is 0 Å². The molecule has 0 aromatic heterocycles. The molecule has 124 valence electrons. The van der Waals surface area contributed by atoms with Crippen LogP contribution in [-0.2, 0) is 9.53 Å². The standard InChI is InChI=1S/C15H32N4O2/c1-17-8-5-13(6-9-17)18(2)10-11-19(3)15(20)14(16)7-12-21-4/h13-14H,5-12,16H2,1-4H3. The third-order valence-corrected chi connectivity index (χ3v) is 4.43. The van der Waals surface area contributed by atoms with Gasteiger partial charge in [0.1, 0.15) is 0 Å². The van der Waals surface area contributed by atoms with Crippen molar-refractivity contribution < 1.29 is 9.53 Å². The molecule has 1 atom stereocenters. The largest absolute Gasteiger partial charge is 0.385 e. The number of carbonyl (C=O) groups is 1. The molecule has 0 aliphatic carbocycles. The molecule has 21 heavy (non-hydrogen) atoms. The molecule has 1 aliphatic heterocycles. The number of methoxy groups -OCH3 is 1. The molecule has 0 bridgehead atoms. The number of nitrogens with two attached hydrogens (primary N) is 1. The molecule has 0 aromatic rings. The van der Waals surface area contributed by atoms with Crippen LogP contribution in [0, 0.1) is 0 Å². The van der Waals surface area contributed by atoms with Crippen molar-refractivity contribution in [2.75, 3.05) is 61.0 Å². The Morgan fingerprint density at radius 3 is 2.52 bits per heavy atom. The van der Waals surface area contributed by atoms with E-state index in [0.29, 0.717) is 19.1 Å². The van der Waals surface area contributed by atoms with Gasteiger partial charge in [0, 0.05) is 39.9 Å². The highest BCUT2D eigenvalue weighted by atomic mass is 16.5. The zero-order valence-electron chi connectivity index (χ0n) is 14.0. The molecule has 1 aliphatic rings. The van der Waals surface area contributed by atoms with Crippen LogP contribution >= 0.6 is 0 Å². The van der Waals surface area contributed by atoms with Gasteiger partial charge in [0.2, 0.25) is 5.91 Å². The summed E-state index contributed by atoms with van der Waals surface area (Å²) in [4.78, 5) is 18.6. The van der Waals surface area contributed by atoms with Crippen molar-refractivity contribution in [3.63, 3.8) is 0 Å². The van der Waals surface area contributed by atoms with Crippen LogP contribution in [0.3, 0.4) is 0 Å². The quantitative estimate of drug-likeness (QED) is 0.675. The van der Waals surface area contributed by atoms with Crippen molar-refractivity contribution in [2.45, 2.75) is 31.3 Å². The van der Waals surface area contributed by atoms with Crippen molar-refractivity contribution in [3.8, 4) is 0 Å². The van der Waals surface area contributed by atoms with Crippen molar-refractivity contribution in [3.05, 3.63) is 0 Å². The van der Waals surface area contributed by atoms with Gasteiger partial charge in [-0.2, -0.15) is 0 Å². The summed E-state index contributed by atoms with van der Waals surface area (Å²) in [6.07, 6.45) is 2.99. The number of rotatable bonds is 8. The number of nitrogens with zero attached hydrogens (tertiary/aromatic N) is 3. The molecule has 1 amide bonds. The molecule has 6 nitrogen and oxygen atoms in total. The van der Waals surface area contributed by atoms with Crippen LogP contribution in [0.4, 0.5) is 0 Å². The lowest BCUT2D eigenvalue weighted by molar-refractivity contribution is -0.131. The number of piperidine rings is 1. The zero-order valence-corrected chi connectivity index (χ0v) is 14.0. The Morgan fingerprint density at radius 1 is 1.33 bits per heavy atom. The Hall–Kier alpha value is -0.690. The van der Waals surface area contributed by atoms with Gasteiger partial charge in [0.05, 0.1) is 6.04 Å². The van der Waals surface area contributed by atoms with Crippen LogP contribution in [-0.4, -0.2) is 93.7 Å². The summed E-state index contributed by atoms with van der Waals surface area (Å²) in [6.45, 7) is 4.46. The summed E-state index contributed by atoms with van der Waals surface area (Å²) in [5.41, 5.74) is 5.88. The van der Waals surface area contributed by atoms with Gasteiger partial charge >= 0.3 is 0 Å². The minimum atomic E-state index is -0.455. The first-order valence-corrected chi connectivity index (χ1v) is 7.84. The molecule has 2 N–H and O–H groups in total. The number of likely N-dealkylation sites (tertiary alicyclic amines) is 1. The fraction of sp³-hybridized carbons (Fsp3) is 0.933. The molecule has 0 spiro atoms. The second kappa shape index (κ2) is 9.35. The van der Waals surface area contributed by atoms with E-state index in [4.69, 9.17) is 10.5 Å². The highest BCUT2D eigenvalue weighted by molar-refractivity contribution is 5.81. The van der Waals surface area contributed by atoms with Crippen LogP contribution < -0.4 is 5.73 Å². The first-order chi connectivity index (χ1) is 9.95. The second-order valence-electron chi connectivity index (χ2n) is 6.16. The van der Waals surface area contributed by atoms with Crippen LogP contribution in [0.15, 0.2) is 0 Å². The summed E-state index contributed by atoms with van der Waals surface area (Å²) in [5, 5.41) is 0. The lowest BCUT2D eigenvalue weighted by Crippen LogP contribution is -2.47. The van der Waals surface area contributed by atoms with Gasteiger partial charge in [-0.3, -0.25) is 4.79 Å². The summed E-state index contributed by atoms with van der Waals surface area (Å²) in [5.74, 6) is 0.00354. The van der Waals surface area contributed by atoms with Crippen molar-refractivity contribution in [1.29, 1.82) is 0 Å². The topological polar surface area (TPSA) is 62.0 Å². The fourth-order valence-corrected chi connectivity index (χ4v) is 2.69. The van der Waals surface area contributed by atoms with Gasteiger partial charge < -0.3 is 25.2 Å². The molecule has 0 saturated carbocycles. The number of hydrogen-bond donors (Lipinski definition) is 1. The minimum Gasteiger partial charge on any atom is -0.385 e. The zero-order chi connectivity index (χ0) is 15.8. The van der Waals surface area contributed by atoms with Crippen LogP contribution in [0.2, 0.25) is 0 Å². The smallest absolute Gasteiger partial charge is 0.239 e. The molecule has 1 heterocycles. The molecule has 1 rings (SSSR count). The van der Waals surface area contributed by atoms with E-state index >= 15 is 0 Å². The van der Waals surface area contributed by atoms with Crippen LogP contribution in [0.1, 0.15) is 19.3 Å². The van der Waals surface area contributed by atoms with Crippen LogP contribution in [0.5, 0.6) is 0 Å². The summed E-state index contributed by atoms with van der Waals surface area (Å²) in [6, 6.07) is 0.176. The Balaban J connectivity index is 2.28. The molecular weight excluding hydrogens is 268 g/mol. The van der Waals surface area contributed by atoms with Gasteiger partial charge in [0.25, 0.3) is 0 Å². The lowest BCUT2D eigenvalue weighted by atomic mass is 10.0. The maximum absolute atomic E-state index is 12.1. The number of hydrogen-bond acceptors (Lipinski definition) is 5. The first kappa shape index (κ1) is 18.4. The average molecular weight is 300 g/mol. The van der Waals surface area contributed by atoms with E-state index in [1.807, 2.05) is 7.05 Å². The molecule has 6 heteroatoms. The summed E-state index contributed by atoms with van der Waals surface area (Å²) in [7, 11) is 7.78. The number of amides is 1. The van der Waals surface area contributed by atoms with E-state index in [2.05, 4.69) is 23.9 Å². The molecule has 0 aromatic carbocycles. The number of carbonyl (C=O) groups excluding carboxylic acids is 1. The van der Waals surface area contributed by atoms with Crippen molar-refractivity contribution >= 4 is 5.91 Å². The maximum atomic E-state index is 12.1. The van der Waals surface area contributed by atoms with E-state index in [1.165, 1.54) is 12.8 Å². The molecular formula is C15H32N4O2. The molecule has 1 unspecified atom stereocenters. The highest BCUT2D eigenvalue weighted by Crippen LogP contribution is 2.13. The third-order valence-electron chi connectivity index (χ3n) is 4.43. The van der Waals surface area contributed by atoms with Crippen molar-refractivity contribution in [2.24, 2.45) is 5.73 Å². The van der Waals surface area contributed by atoms with Gasteiger partial charge in [0.15, 0.2) is 0 Å². The molecule has 1 fully saturated rings. The Morgan fingerprint density at radius 2 is 1.95 bits per heavy atom. The summed E-state index contributed by atoms with van der Waals surface area (Å²) < 4.78 is 4.97. The van der Waals surface area contributed by atoms with E-state index in [0.717, 1.165) is 26.2 Å². The van der Waals surface area contributed by atoms with Crippen molar-refractivity contribution in [1.82, 2.24) is 14.7 Å². The van der Waals surface area contributed by atoms with E-state index < -0.39 is 6.04 Å². The Labute approximate surface area is 129 Å². The summed E-state index contributed by atoms with van der Waals surface area (Å²) >= 11 is 0. The lowest BCUT2D eigenvalue weighted by Gasteiger charge is -2.36. The Kier molecular flexibility index (Phi) is 8.18.